The van der Waals surface area contributed by atoms with Crippen LogP contribution in [-0.2, 0) is 20.8 Å². The van der Waals surface area contributed by atoms with Crippen LogP contribution in [0.15, 0.2) is 60.7 Å². The Bertz CT molecular complexity index is 1310. The first-order valence-corrected chi connectivity index (χ1v) is 10.9. The van der Waals surface area contributed by atoms with Gasteiger partial charge in [-0.2, -0.15) is 0 Å². The van der Waals surface area contributed by atoms with Crippen LogP contribution in [0.25, 0.3) is 11.1 Å². The van der Waals surface area contributed by atoms with Gasteiger partial charge < -0.3 is 20.6 Å². The van der Waals surface area contributed by atoms with Crippen LogP contribution >= 0.6 is 0 Å². The Morgan fingerprint density at radius 1 is 1.03 bits per heavy atom. The monoisotopic (exact) mass is 479 g/mol. The zero-order chi connectivity index (χ0) is 25.3. The molecule has 35 heavy (non-hydrogen) atoms. The molecule has 7 nitrogen and oxygen atoms in total. The van der Waals surface area contributed by atoms with E-state index in [9.17, 15) is 28.3 Å². The minimum Gasteiger partial charge on any atom is -0.508 e. The van der Waals surface area contributed by atoms with Gasteiger partial charge in [-0.25, -0.2) is 8.78 Å². The minimum atomic E-state index is -1.05. The number of hydrogen-bond acceptors (Lipinski definition) is 4. The van der Waals surface area contributed by atoms with Crippen molar-refractivity contribution < 1.29 is 28.3 Å². The molecule has 0 aromatic heterocycles. The predicted molar refractivity (Wildman–Crippen MR) is 126 cm³/mol. The van der Waals surface area contributed by atoms with Gasteiger partial charge in [0.15, 0.2) is 0 Å². The fourth-order valence-corrected chi connectivity index (χ4v) is 4.13. The van der Waals surface area contributed by atoms with E-state index in [-0.39, 0.29) is 17.7 Å². The molecule has 180 valence electrons. The second-order valence-electron chi connectivity index (χ2n) is 8.37. The molecular formula is C26H23F2N3O4. The van der Waals surface area contributed by atoms with Crippen LogP contribution in [0, 0.1) is 11.6 Å². The highest BCUT2D eigenvalue weighted by Gasteiger charge is 2.34. The van der Waals surface area contributed by atoms with Crippen LogP contribution in [0.2, 0.25) is 0 Å². The molecule has 0 fully saturated rings. The first-order valence-electron chi connectivity index (χ1n) is 10.9. The molecule has 0 radical (unpaired) electrons. The highest BCUT2D eigenvalue weighted by molar-refractivity contribution is 6.06. The second kappa shape index (κ2) is 9.54. The van der Waals surface area contributed by atoms with Crippen molar-refractivity contribution in [2.24, 2.45) is 0 Å². The molecule has 1 aliphatic rings. The molecule has 1 heterocycles. The van der Waals surface area contributed by atoms with Crippen LogP contribution in [0.4, 0.5) is 14.5 Å². The highest BCUT2D eigenvalue weighted by Crippen LogP contribution is 2.41. The summed E-state index contributed by atoms with van der Waals surface area (Å²) in [6.45, 7) is 1.45. The Labute approximate surface area is 200 Å². The summed E-state index contributed by atoms with van der Waals surface area (Å²) in [6.07, 6.45) is -0.320. The van der Waals surface area contributed by atoms with E-state index in [1.807, 2.05) is 0 Å². The topological polar surface area (TPSA) is 98.7 Å². The van der Waals surface area contributed by atoms with E-state index >= 15 is 0 Å². The molecule has 0 saturated heterocycles. The maximum absolute atomic E-state index is 13.4. The third-order valence-corrected chi connectivity index (χ3v) is 5.83. The van der Waals surface area contributed by atoms with Crippen molar-refractivity contribution in [1.29, 1.82) is 0 Å². The molecule has 0 spiro atoms. The fraction of sp³-hybridized carbons (Fsp3) is 0.192. The van der Waals surface area contributed by atoms with Gasteiger partial charge in [0.05, 0.1) is 12.1 Å². The van der Waals surface area contributed by atoms with Crippen molar-refractivity contribution in [3.05, 3.63) is 83.4 Å². The van der Waals surface area contributed by atoms with E-state index in [0.717, 1.165) is 12.1 Å². The van der Waals surface area contributed by atoms with Gasteiger partial charge in [0.25, 0.3) is 5.91 Å². The summed E-state index contributed by atoms with van der Waals surface area (Å²) >= 11 is 0. The summed E-state index contributed by atoms with van der Waals surface area (Å²) in [4.78, 5) is 40.0. The number of nitrogens with one attached hydrogen (secondary N) is 2. The van der Waals surface area contributed by atoms with Crippen molar-refractivity contribution in [3.63, 3.8) is 0 Å². The number of carbonyl (C=O) groups excluding carboxylic acids is 3. The quantitative estimate of drug-likeness (QED) is 0.523. The Morgan fingerprint density at radius 2 is 1.71 bits per heavy atom. The van der Waals surface area contributed by atoms with Crippen LogP contribution in [0.1, 0.15) is 24.1 Å². The molecule has 3 amide bonds. The summed E-state index contributed by atoms with van der Waals surface area (Å²) in [5, 5.41) is 15.2. The van der Waals surface area contributed by atoms with Crippen molar-refractivity contribution in [3.8, 4) is 16.9 Å². The van der Waals surface area contributed by atoms with E-state index in [0.29, 0.717) is 28.4 Å². The summed E-state index contributed by atoms with van der Waals surface area (Å²) in [5.74, 6) is -3.19. The molecule has 2 atom stereocenters. The molecule has 1 aliphatic heterocycles. The number of hydrogen-bond donors (Lipinski definition) is 3. The molecule has 4 rings (SSSR count). The number of aromatic hydroxyl groups is 1. The summed E-state index contributed by atoms with van der Waals surface area (Å²) < 4.78 is 26.8. The van der Waals surface area contributed by atoms with Crippen molar-refractivity contribution in [2.45, 2.75) is 25.4 Å². The normalized spacial score (nSPS) is 15.5. The van der Waals surface area contributed by atoms with E-state index in [2.05, 4.69) is 10.6 Å². The van der Waals surface area contributed by atoms with Gasteiger partial charge in [-0.05, 0) is 53.9 Å². The number of halogens is 2. The molecule has 0 aliphatic carbocycles. The summed E-state index contributed by atoms with van der Waals surface area (Å²) in [5.41, 5.74) is 2.54. The van der Waals surface area contributed by atoms with Crippen molar-refractivity contribution >= 4 is 23.4 Å². The molecule has 3 aromatic rings. The molecule has 3 aromatic carbocycles. The van der Waals surface area contributed by atoms with Gasteiger partial charge in [-0.1, -0.05) is 24.3 Å². The minimum absolute atomic E-state index is 0.0383. The molecule has 9 heteroatoms. The van der Waals surface area contributed by atoms with E-state index in [1.54, 1.807) is 43.4 Å². The van der Waals surface area contributed by atoms with Crippen LogP contribution in [-0.4, -0.2) is 35.9 Å². The number of phenols is 1. The summed E-state index contributed by atoms with van der Waals surface area (Å²) in [7, 11) is 1.58. The van der Waals surface area contributed by atoms with Gasteiger partial charge in [0, 0.05) is 18.7 Å². The van der Waals surface area contributed by atoms with Crippen molar-refractivity contribution in [1.82, 2.24) is 10.6 Å². The second-order valence-corrected chi connectivity index (χ2v) is 8.37. The first-order chi connectivity index (χ1) is 16.6. The summed E-state index contributed by atoms with van der Waals surface area (Å²) in [6, 6.07) is 12.4. The highest BCUT2D eigenvalue weighted by atomic mass is 19.1. The lowest BCUT2D eigenvalue weighted by Gasteiger charge is -2.24. The van der Waals surface area contributed by atoms with E-state index < -0.39 is 41.4 Å². The number of anilines is 1. The predicted octanol–water partition coefficient (Wildman–Crippen LogP) is 3.22. The van der Waals surface area contributed by atoms with Crippen LogP contribution < -0.4 is 15.5 Å². The first kappa shape index (κ1) is 23.9. The van der Waals surface area contributed by atoms with Gasteiger partial charge in [0.1, 0.15) is 29.5 Å². The fourth-order valence-electron chi connectivity index (χ4n) is 4.13. The molecule has 0 saturated carbocycles. The third kappa shape index (κ3) is 4.98. The van der Waals surface area contributed by atoms with Gasteiger partial charge in [-0.3, -0.25) is 14.4 Å². The van der Waals surface area contributed by atoms with Gasteiger partial charge >= 0.3 is 0 Å². The zero-order valence-corrected chi connectivity index (χ0v) is 19.0. The SMILES string of the molecule is C[C@H](NC(=O)Cc1cc(F)cc(F)c1)C(=O)NC1C(=O)N(C)c2ccc(O)cc2-c2ccccc21. The number of phenolic OH excluding ortho intramolecular Hbond substituents is 1. The maximum atomic E-state index is 13.4. The van der Waals surface area contributed by atoms with E-state index in [1.165, 1.54) is 17.9 Å². The number of carbonyl (C=O) groups is 3. The molecule has 1 unspecified atom stereocenters. The number of fused-ring (bicyclic) bond motifs is 3. The number of amides is 3. The lowest BCUT2D eigenvalue weighted by Crippen LogP contribution is -2.49. The van der Waals surface area contributed by atoms with Crippen LogP contribution in [0.3, 0.4) is 0 Å². The Kier molecular flexibility index (Phi) is 6.50. The largest absolute Gasteiger partial charge is 0.508 e. The van der Waals surface area contributed by atoms with Crippen molar-refractivity contribution in [2.75, 3.05) is 11.9 Å². The zero-order valence-electron chi connectivity index (χ0n) is 19.0. The Hall–Kier alpha value is -4.27. The van der Waals surface area contributed by atoms with Gasteiger partial charge in [0.2, 0.25) is 11.8 Å². The van der Waals surface area contributed by atoms with Gasteiger partial charge in [-0.15, -0.1) is 0 Å². The van der Waals surface area contributed by atoms with E-state index in [4.69, 9.17) is 0 Å². The number of benzene rings is 3. The number of nitrogens with zero attached hydrogens (tertiary/aromatic N) is 1. The smallest absolute Gasteiger partial charge is 0.253 e. The number of rotatable bonds is 5. The lowest BCUT2D eigenvalue weighted by molar-refractivity contribution is -0.130. The third-order valence-electron chi connectivity index (χ3n) is 5.83. The average molecular weight is 479 g/mol. The molecular weight excluding hydrogens is 456 g/mol. The van der Waals surface area contributed by atoms with Crippen LogP contribution in [0.5, 0.6) is 5.75 Å². The standard InChI is InChI=1S/C26H23F2N3O4/c1-14(29-23(33)11-15-9-16(27)12-17(28)10-15)25(34)30-24-20-6-4-3-5-19(20)21-13-18(32)7-8-22(21)31(2)26(24)35/h3-10,12-14,24,32H,11H2,1-2H3,(H,29,33)(H,30,34)/t14-,24?/m0/s1. The molecule has 3 N–H and O–H groups in total. The Morgan fingerprint density at radius 3 is 2.43 bits per heavy atom. The maximum Gasteiger partial charge on any atom is 0.253 e. The Balaban J connectivity index is 1.54. The number of likely N-dealkylation sites (N-methyl/N-ethyl adjacent to an activating group) is 1. The average Bonchev–Trinajstić information content (AvgIpc) is 2.87. The molecule has 0 bridgehead atoms. The lowest BCUT2D eigenvalue weighted by atomic mass is 9.95.